The molecule has 1 amide bonds. The molecule has 1 aromatic heterocycles. The highest BCUT2D eigenvalue weighted by atomic mass is 16.1. The van der Waals surface area contributed by atoms with Gasteiger partial charge in [0.05, 0.1) is 17.1 Å². The Morgan fingerprint density at radius 1 is 1.47 bits per heavy atom. The predicted molar refractivity (Wildman–Crippen MR) is 67.0 cm³/mol. The first kappa shape index (κ1) is 12.1. The zero-order valence-corrected chi connectivity index (χ0v) is 10.7. The maximum atomic E-state index is 11.7. The summed E-state index contributed by atoms with van der Waals surface area (Å²) in [7, 11) is 1.88. The molecule has 94 valence electrons. The lowest BCUT2D eigenvalue weighted by molar-refractivity contribution is -0.116. The van der Waals surface area contributed by atoms with Crippen LogP contribution in [0.5, 0.6) is 0 Å². The average molecular weight is 236 g/mol. The van der Waals surface area contributed by atoms with Gasteiger partial charge in [0.1, 0.15) is 0 Å². The van der Waals surface area contributed by atoms with Gasteiger partial charge in [0, 0.05) is 26.1 Å². The Morgan fingerprint density at radius 2 is 2.18 bits per heavy atom. The fourth-order valence-corrected chi connectivity index (χ4v) is 1.83. The molecule has 0 atom stereocenters. The Labute approximate surface area is 102 Å². The molecule has 0 radical (unpaired) electrons. The van der Waals surface area contributed by atoms with Crippen molar-refractivity contribution in [3.8, 4) is 0 Å². The van der Waals surface area contributed by atoms with Gasteiger partial charge in [-0.2, -0.15) is 5.10 Å². The van der Waals surface area contributed by atoms with E-state index >= 15 is 0 Å². The molecule has 0 unspecified atom stereocenters. The van der Waals surface area contributed by atoms with Crippen LogP contribution in [0.4, 0.5) is 5.69 Å². The quantitative estimate of drug-likeness (QED) is 0.805. The Hall–Kier alpha value is -1.36. The van der Waals surface area contributed by atoms with E-state index in [4.69, 9.17) is 0 Å². The summed E-state index contributed by atoms with van der Waals surface area (Å²) in [6, 6.07) is 0.657. The molecule has 1 aliphatic rings. The first-order valence-corrected chi connectivity index (χ1v) is 6.11. The van der Waals surface area contributed by atoms with E-state index in [0.717, 1.165) is 23.6 Å². The number of rotatable bonds is 5. The molecule has 2 N–H and O–H groups in total. The fraction of sp³-hybridized carbons (Fsp3) is 0.667. The molecule has 2 rings (SSSR count). The normalized spacial score (nSPS) is 15.0. The Kier molecular flexibility index (Phi) is 3.47. The molecule has 5 heteroatoms. The lowest BCUT2D eigenvalue weighted by Gasteiger charge is -2.06. The highest BCUT2D eigenvalue weighted by molar-refractivity contribution is 5.92. The van der Waals surface area contributed by atoms with Crippen molar-refractivity contribution < 1.29 is 4.79 Å². The molecule has 17 heavy (non-hydrogen) atoms. The van der Waals surface area contributed by atoms with Crippen LogP contribution in [0.15, 0.2) is 0 Å². The minimum absolute atomic E-state index is 0.0531. The summed E-state index contributed by atoms with van der Waals surface area (Å²) in [5.41, 5.74) is 2.71. The predicted octanol–water partition coefficient (Wildman–Crippen LogP) is 1.12. The van der Waals surface area contributed by atoms with Crippen molar-refractivity contribution in [3.63, 3.8) is 0 Å². The number of aryl methyl sites for hydroxylation is 2. The second kappa shape index (κ2) is 4.87. The first-order valence-electron chi connectivity index (χ1n) is 6.11. The van der Waals surface area contributed by atoms with Gasteiger partial charge in [-0.15, -0.1) is 0 Å². The van der Waals surface area contributed by atoms with Crippen LogP contribution in [0.1, 0.15) is 30.7 Å². The Bertz CT molecular complexity index is 420. The number of carbonyl (C=O) groups excluding carboxylic acids is 1. The molecule has 1 aliphatic carbocycles. The van der Waals surface area contributed by atoms with Crippen molar-refractivity contribution in [3.05, 3.63) is 11.4 Å². The Morgan fingerprint density at radius 3 is 2.71 bits per heavy atom. The van der Waals surface area contributed by atoms with Crippen molar-refractivity contribution in [1.29, 1.82) is 0 Å². The molecule has 1 aromatic rings. The van der Waals surface area contributed by atoms with Crippen LogP contribution in [0, 0.1) is 13.8 Å². The maximum absolute atomic E-state index is 11.7. The van der Waals surface area contributed by atoms with Gasteiger partial charge in [-0.1, -0.05) is 0 Å². The molecular weight excluding hydrogens is 216 g/mol. The van der Waals surface area contributed by atoms with Gasteiger partial charge in [0.15, 0.2) is 0 Å². The standard InChI is InChI=1S/C12H20N4O/c1-8-12(9(2)16(3)15-8)14-11(17)6-7-13-10-4-5-10/h10,13H,4-7H2,1-3H3,(H,14,17). The minimum atomic E-state index is 0.0531. The maximum Gasteiger partial charge on any atom is 0.225 e. The SMILES string of the molecule is Cc1nn(C)c(C)c1NC(=O)CCNC1CC1. The lowest BCUT2D eigenvalue weighted by Crippen LogP contribution is -2.23. The van der Waals surface area contributed by atoms with Crippen LogP contribution in [0.3, 0.4) is 0 Å². The second-order valence-corrected chi connectivity index (χ2v) is 4.70. The summed E-state index contributed by atoms with van der Waals surface area (Å²) < 4.78 is 1.79. The summed E-state index contributed by atoms with van der Waals surface area (Å²) in [5.74, 6) is 0.0531. The fourth-order valence-electron chi connectivity index (χ4n) is 1.83. The van der Waals surface area contributed by atoms with Crippen LogP contribution in [0.2, 0.25) is 0 Å². The smallest absolute Gasteiger partial charge is 0.225 e. The largest absolute Gasteiger partial charge is 0.323 e. The summed E-state index contributed by atoms with van der Waals surface area (Å²) in [4.78, 5) is 11.7. The van der Waals surface area contributed by atoms with E-state index in [1.54, 1.807) is 4.68 Å². The van der Waals surface area contributed by atoms with Crippen molar-refractivity contribution >= 4 is 11.6 Å². The molecule has 0 saturated heterocycles. The van der Waals surface area contributed by atoms with Crippen LogP contribution in [-0.2, 0) is 11.8 Å². The molecule has 1 saturated carbocycles. The van der Waals surface area contributed by atoms with E-state index < -0.39 is 0 Å². The average Bonchev–Trinajstić information content (AvgIpc) is 3.04. The van der Waals surface area contributed by atoms with E-state index in [1.807, 2.05) is 20.9 Å². The topological polar surface area (TPSA) is 59.0 Å². The molecule has 1 heterocycles. The van der Waals surface area contributed by atoms with E-state index in [1.165, 1.54) is 12.8 Å². The van der Waals surface area contributed by atoms with Gasteiger partial charge >= 0.3 is 0 Å². The third kappa shape index (κ3) is 3.06. The number of hydrogen-bond acceptors (Lipinski definition) is 3. The molecular formula is C12H20N4O. The number of aromatic nitrogens is 2. The third-order valence-corrected chi connectivity index (χ3v) is 3.14. The monoisotopic (exact) mass is 236 g/mol. The van der Waals surface area contributed by atoms with Crippen molar-refractivity contribution in [2.75, 3.05) is 11.9 Å². The summed E-state index contributed by atoms with van der Waals surface area (Å²) in [6.07, 6.45) is 3.02. The molecule has 0 aromatic carbocycles. The first-order chi connectivity index (χ1) is 8.08. The van der Waals surface area contributed by atoms with Crippen LogP contribution in [-0.4, -0.2) is 28.3 Å². The van der Waals surface area contributed by atoms with E-state index in [0.29, 0.717) is 12.5 Å². The molecule has 0 spiro atoms. The number of carbonyl (C=O) groups is 1. The van der Waals surface area contributed by atoms with Crippen LogP contribution >= 0.6 is 0 Å². The van der Waals surface area contributed by atoms with Gasteiger partial charge in [-0.3, -0.25) is 9.48 Å². The van der Waals surface area contributed by atoms with Crippen molar-refractivity contribution in [2.45, 2.75) is 39.2 Å². The Balaban J connectivity index is 1.83. The van der Waals surface area contributed by atoms with Crippen LogP contribution in [0.25, 0.3) is 0 Å². The van der Waals surface area contributed by atoms with Gasteiger partial charge in [-0.25, -0.2) is 0 Å². The summed E-state index contributed by atoms with van der Waals surface area (Å²) in [6.45, 7) is 4.62. The summed E-state index contributed by atoms with van der Waals surface area (Å²) in [5, 5.41) is 10.5. The van der Waals surface area contributed by atoms with Crippen molar-refractivity contribution in [1.82, 2.24) is 15.1 Å². The second-order valence-electron chi connectivity index (χ2n) is 4.70. The zero-order valence-electron chi connectivity index (χ0n) is 10.7. The molecule has 0 bridgehead atoms. The summed E-state index contributed by atoms with van der Waals surface area (Å²) >= 11 is 0. The van der Waals surface area contributed by atoms with E-state index in [-0.39, 0.29) is 5.91 Å². The van der Waals surface area contributed by atoms with Gasteiger partial charge in [0.25, 0.3) is 0 Å². The highest BCUT2D eigenvalue weighted by Crippen LogP contribution is 2.19. The van der Waals surface area contributed by atoms with Gasteiger partial charge in [-0.05, 0) is 26.7 Å². The van der Waals surface area contributed by atoms with E-state index in [9.17, 15) is 4.79 Å². The minimum Gasteiger partial charge on any atom is -0.323 e. The number of hydrogen-bond donors (Lipinski definition) is 2. The molecule has 5 nitrogen and oxygen atoms in total. The number of anilines is 1. The van der Waals surface area contributed by atoms with Gasteiger partial charge < -0.3 is 10.6 Å². The number of nitrogens with one attached hydrogen (secondary N) is 2. The van der Waals surface area contributed by atoms with Crippen LogP contribution < -0.4 is 10.6 Å². The highest BCUT2D eigenvalue weighted by Gasteiger charge is 2.20. The number of amides is 1. The van der Waals surface area contributed by atoms with Gasteiger partial charge in [0.2, 0.25) is 5.91 Å². The zero-order chi connectivity index (χ0) is 12.4. The molecule has 1 fully saturated rings. The van der Waals surface area contributed by atoms with Crippen molar-refractivity contribution in [2.24, 2.45) is 7.05 Å². The number of nitrogens with zero attached hydrogens (tertiary/aromatic N) is 2. The molecule has 0 aliphatic heterocycles. The lowest BCUT2D eigenvalue weighted by atomic mass is 10.3. The van der Waals surface area contributed by atoms with E-state index in [2.05, 4.69) is 15.7 Å². The third-order valence-electron chi connectivity index (χ3n) is 3.14.